The average molecular weight is 246 g/mol. The summed E-state index contributed by atoms with van der Waals surface area (Å²) >= 11 is 3.31. The lowest BCUT2D eigenvalue weighted by Gasteiger charge is -2.02. The molecule has 0 bridgehead atoms. The van der Waals surface area contributed by atoms with Crippen molar-refractivity contribution in [1.82, 2.24) is 0 Å². The molecule has 0 aromatic rings. The van der Waals surface area contributed by atoms with Crippen molar-refractivity contribution < 1.29 is 0 Å². The van der Waals surface area contributed by atoms with Gasteiger partial charge in [0.1, 0.15) is 0 Å². The van der Waals surface area contributed by atoms with Crippen LogP contribution in [0.15, 0.2) is 34.9 Å². The fraction of sp³-hybridized carbons (Fsp3) is 0.455. The maximum Gasteiger partial charge on any atom is 0.0225 e. The number of hydrogen-bond donors (Lipinski definition) is 1. The highest BCUT2D eigenvalue weighted by Crippen LogP contribution is 2.07. The Hall–Kier alpha value is -0.340. The molecule has 0 aromatic carbocycles. The molecule has 0 saturated carbocycles. The zero-order valence-electron chi connectivity index (χ0n) is 8.97. The van der Waals surface area contributed by atoms with Crippen LogP contribution in [0.4, 0.5) is 0 Å². The SMILES string of the molecule is C=C/C(Br)=C\C=C(/C)C(C)N.CC. The van der Waals surface area contributed by atoms with E-state index in [9.17, 15) is 0 Å². The van der Waals surface area contributed by atoms with Crippen LogP contribution in [-0.2, 0) is 0 Å². The minimum atomic E-state index is 0.122. The van der Waals surface area contributed by atoms with E-state index in [0.29, 0.717) is 0 Å². The van der Waals surface area contributed by atoms with Crippen molar-refractivity contribution in [2.45, 2.75) is 33.7 Å². The van der Waals surface area contributed by atoms with Crippen molar-refractivity contribution in [1.29, 1.82) is 0 Å². The van der Waals surface area contributed by atoms with Gasteiger partial charge in [-0.2, -0.15) is 0 Å². The molecule has 13 heavy (non-hydrogen) atoms. The van der Waals surface area contributed by atoms with E-state index in [0.717, 1.165) is 10.1 Å². The van der Waals surface area contributed by atoms with Crippen LogP contribution in [0.25, 0.3) is 0 Å². The van der Waals surface area contributed by atoms with Gasteiger partial charge in [0.15, 0.2) is 0 Å². The number of nitrogens with two attached hydrogens (primary N) is 1. The van der Waals surface area contributed by atoms with Gasteiger partial charge in [-0.1, -0.05) is 54.1 Å². The lowest BCUT2D eigenvalue weighted by Crippen LogP contribution is -2.15. The van der Waals surface area contributed by atoms with Gasteiger partial charge in [0, 0.05) is 10.5 Å². The summed E-state index contributed by atoms with van der Waals surface area (Å²) in [5.74, 6) is 0. The highest BCUT2D eigenvalue weighted by atomic mass is 79.9. The minimum absolute atomic E-state index is 0.122. The van der Waals surface area contributed by atoms with E-state index < -0.39 is 0 Å². The molecule has 0 aliphatic rings. The van der Waals surface area contributed by atoms with Crippen LogP contribution < -0.4 is 5.73 Å². The molecular weight excluding hydrogens is 226 g/mol. The van der Waals surface area contributed by atoms with Gasteiger partial charge in [0.2, 0.25) is 0 Å². The summed E-state index contributed by atoms with van der Waals surface area (Å²) in [5, 5.41) is 0. The average Bonchev–Trinajstić information content (AvgIpc) is 2.16. The van der Waals surface area contributed by atoms with Crippen molar-refractivity contribution in [2.24, 2.45) is 5.73 Å². The Morgan fingerprint density at radius 1 is 1.38 bits per heavy atom. The first kappa shape index (κ1) is 15.1. The Bertz CT molecular complexity index is 190. The highest BCUT2D eigenvalue weighted by Gasteiger charge is 1.92. The quantitative estimate of drug-likeness (QED) is 0.753. The molecule has 76 valence electrons. The largest absolute Gasteiger partial charge is 0.324 e. The molecule has 2 N–H and O–H groups in total. The van der Waals surface area contributed by atoms with Gasteiger partial charge in [-0.05, 0) is 19.9 Å². The Labute approximate surface area is 90.5 Å². The zero-order chi connectivity index (χ0) is 10.9. The first-order valence-corrected chi connectivity index (χ1v) is 5.29. The lowest BCUT2D eigenvalue weighted by atomic mass is 10.1. The van der Waals surface area contributed by atoms with Crippen LogP contribution >= 0.6 is 15.9 Å². The van der Waals surface area contributed by atoms with Crippen LogP contribution in [0.5, 0.6) is 0 Å². The fourth-order valence-corrected chi connectivity index (χ4v) is 0.563. The summed E-state index contributed by atoms with van der Waals surface area (Å²) in [7, 11) is 0. The summed E-state index contributed by atoms with van der Waals surface area (Å²) in [6.45, 7) is 11.6. The van der Waals surface area contributed by atoms with E-state index >= 15 is 0 Å². The number of allylic oxidation sites excluding steroid dienone is 4. The summed E-state index contributed by atoms with van der Waals surface area (Å²) in [5.41, 5.74) is 6.78. The molecule has 1 unspecified atom stereocenters. The summed E-state index contributed by atoms with van der Waals surface area (Å²) in [4.78, 5) is 0. The monoisotopic (exact) mass is 245 g/mol. The maximum absolute atomic E-state index is 5.62. The molecule has 1 nitrogen and oxygen atoms in total. The summed E-state index contributed by atoms with van der Waals surface area (Å²) in [6.07, 6.45) is 5.66. The standard InChI is InChI=1S/C9H14BrN.C2H6/c1-4-9(10)6-5-7(2)8(3)11;1-2/h4-6,8H,1,11H2,2-3H3;1-2H3/b7-5+,9-6+;. The summed E-state index contributed by atoms with van der Waals surface area (Å²) < 4.78 is 0.970. The third-order valence-electron chi connectivity index (χ3n) is 1.42. The van der Waals surface area contributed by atoms with Gasteiger partial charge < -0.3 is 5.73 Å². The van der Waals surface area contributed by atoms with Gasteiger partial charge in [-0.25, -0.2) is 0 Å². The molecule has 0 aromatic heterocycles. The molecule has 1 atom stereocenters. The summed E-state index contributed by atoms with van der Waals surface area (Å²) in [6, 6.07) is 0.122. The Morgan fingerprint density at radius 3 is 2.15 bits per heavy atom. The second-order valence-corrected chi connectivity index (χ2v) is 3.37. The number of rotatable bonds is 3. The van der Waals surface area contributed by atoms with E-state index in [1.54, 1.807) is 6.08 Å². The van der Waals surface area contributed by atoms with Crippen molar-refractivity contribution in [3.63, 3.8) is 0 Å². The molecule has 0 saturated heterocycles. The van der Waals surface area contributed by atoms with E-state index in [-0.39, 0.29) is 6.04 Å². The van der Waals surface area contributed by atoms with Crippen LogP contribution in [0, 0.1) is 0 Å². The molecule has 2 heteroatoms. The second-order valence-electron chi connectivity index (χ2n) is 2.46. The third kappa shape index (κ3) is 9.57. The van der Waals surface area contributed by atoms with Crippen LogP contribution in [0.2, 0.25) is 0 Å². The Balaban J connectivity index is 0. The van der Waals surface area contributed by atoms with Gasteiger partial charge in [-0.15, -0.1) is 0 Å². The predicted molar refractivity (Wildman–Crippen MR) is 66.0 cm³/mol. The van der Waals surface area contributed by atoms with Crippen LogP contribution in [0.3, 0.4) is 0 Å². The van der Waals surface area contributed by atoms with Crippen LogP contribution in [-0.4, -0.2) is 6.04 Å². The van der Waals surface area contributed by atoms with E-state index in [4.69, 9.17) is 5.73 Å². The van der Waals surface area contributed by atoms with Crippen LogP contribution in [0.1, 0.15) is 27.7 Å². The Morgan fingerprint density at radius 2 is 1.85 bits per heavy atom. The van der Waals surface area contributed by atoms with Crippen molar-refractivity contribution in [3.05, 3.63) is 34.9 Å². The molecule has 0 spiro atoms. The number of hydrogen-bond acceptors (Lipinski definition) is 1. The number of halogens is 1. The molecular formula is C11H20BrN. The lowest BCUT2D eigenvalue weighted by molar-refractivity contribution is 0.861. The topological polar surface area (TPSA) is 26.0 Å². The zero-order valence-corrected chi connectivity index (χ0v) is 10.6. The van der Waals surface area contributed by atoms with E-state index in [1.807, 2.05) is 39.8 Å². The first-order chi connectivity index (χ1) is 6.07. The minimum Gasteiger partial charge on any atom is -0.324 e. The fourth-order valence-electron chi connectivity index (χ4n) is 0.431. The molecule has 0 heterocycles. The first-order valence-electron chi connectivity index (χ1n) is 4.50. The Kier molecular flexibility index (Phi) is 11.4. The maximum atomic E-state index is 5.62. The van der Waals surface area contributed by atoms with Gasteiger partial charge in [0.05, 0.1) is 0 Å². The molecule has 0 rings (SSSR count). The molecule has 0 aliphatic heterocycles. The van der Waals surface area contributed by atoms with Crippen molar-refractivity contribution in [3.8, 4) is 0 Å². The second kappa shape index (κ2) is 9.75. The van der Waals surface area contributed by atoms with Gasteiger partial charge >= 0.3 is 0 Å². The molecule has 0 radical (unpaired) electrons. The molecule has 0 fully saturated rings. The van der Waals surface area contributed by atoms with Crippen molar-refractivity contribution in [2.75, 3.05) is 0 Å². The van der Waals surface area contributed by atoms with Gasteiger partial charge in [-0.3, -0.25) is 0 Å². The smallest absolute Gasteiger partial charge is 0.0225 e. The normalized spacial score (nSPS) is 14.3. The van der Waals surface area contributed by atoms with E-state index in [2.05, 4.69) is 22.5 Å². The molecule has 0 aliphatic carbocycles. The third-order valence-corrected chi connectivity index (χ3v) is 2.01. The predicted octanol–water partition coefficient (Wildman–Crippen LogP) is 3.77. The molecule has 0 amide bonds. The van der Waals surface area contributed by atoms with Gasteiger partial charge in [0.25, 0.3) is 0 Å². The highest BCUT2D eigenvalue weighted by molar-refractivity contribution is 9.11. The van der Waals surface area contributed by atoms with Crippen molar-refractivity contribution >= 4 is 15.9 Å². The van der Waals surface area contributed by atoms with E-state index in [1.165, 1.54) is 0 Å².